The quantitative estimate of drug-likeness (QED) is 0.691. The molecule has 3 aromatic rings. The second-order valence-corrected chi connectivity index (χ2v) is 6.58. The number of amides is 1. The summed E-state index contributed by atoms with van der Waals surface area (Å²) >= 11 is 1.22. The molecule has 2 aromatic heterocycles. The fourth-order valence-corrected chi connectivity index (χ4v) is 3.45. The Bertz CT molecular complexity index is 927. The topological polar surface area (TPSA) is 94.3 Å². The molecule has 0 radical (unpaired) electrons. The van der Waals surface area contributed by atoms with Gasteiger partial charge in [0.15, 0.2) is 10.8 Å². The van der Waals surface area contributed by atoms with Crippen LogP contribution < -0.4 is 5.32 Å². The molecule has 0 aliphatic rings. The van der Waals surface area contributed by atoms with Crippen LogP contribution in [0.4, 0.5) is 5.13 Å². The minimum absolute atomic E-state index is 0.120. The fraction of sp³-hybridized carbons (Fsp3) is 0.222. The van der Waals surface area contributed by atoms with Crippen LogP contribution in [0.3, 0.4) is 0 Å². The smallest absolute Gasteiger partial charge is 0.358 e. The summed E-state index contributed by atoms with van der Waals surface area (Å²) in [5, 5.41) is 6.91. The zero-order valence-corrected chi connectivity index (χ0v) is 15.3. The number of nitrogens with zero attached hydrogens (tertiary/aromatic N) is 2. The van der Waals surface area contributed by atoms with Gasteiger partial charge in [-0.05, 0) is 19.4 Å². The summed E-state index contributed by atoms with van der Waals surface area (Å²) in [5.74, 6) is -0.201. The second kappa shape index (κ2) is 7.49. The van der Waals surface area contributed by atoms with Gasteiger partial charge in [-0.15, -0.1) is 0 Å². The van der Waals surface area contributed by atoms with Gasteiger partial charge in [0.25, 0.3) is 0 Å². The summed E-state index contributed by atoms with van der Waals surface area (Å²) in [7, 11) is 1.30. The zero-order chi connectivity index (χ0) is 18.7. The molecule has 0 aliphatic carbocycles. The maximum absolute atomic E-state index is 12.4. The van der Waals surface area contributed by atoms with Crippen LogP contribution in [0.2, 0.25) is 0 Å². The molecule has 1 N–H and O–H groups in total. The molecule has 7 nitrogen and oxygen atoms in total. The number of thiazole rings is 1. The van der Waals surface area contributed by atoms with Crippen LogP contribution in [-0.2, 0) is 16.0 Å². The van der Waals surface area contributed by atoms with E-state index in [2.05, 4.69) is 15.5 Å². The van der Waals surface area contributed by atoms with Gasteiger partial charge in [-0.1, -0.05) is 46.8 Å². The summed E-state index contributed by atoms with van der Waals surface area (Å²) in [6.07, 6.45) is 0.120. The van der Waals surface area contributed by atoms with Crippen LogP contribution in [0, 0.1) is 13.8 Å². The van der Waals surface area contributed by atoms with E-state index in [1.165, 1.54) is 18.4 Å². The lowest BCUT2D eigenvalue weighted by atomic mass is 10.1. The first-order valence-electron chi connectivity index (χ1n) is 7.85. The number of hydrogen-bond donors (Lipinski definition) is 1. The maximum Gasteiger partial charge on any atom is 0.358 e. The highest BCUT2D eigenvalue weighted by Gasteiger charge is 2.22. The number of aromatic nitrogens is 2. The van der Waals surface area contributed by atoms with Gasteiger partial charge in [-0.3, -0.25) is 4.79 Å². The van der Waals surface area contributed by atoms with Gasteiger partial charge < -0.3 is 14.6 Å². The third-order valence-corrected chi connectivity index (χ3v) is 4.83. The Morgan fingerprint density at radius 2 is 1.96 bits per heavy atom. The predicted octanol–water partition coefficient (Wildman–Crippen LogP) is 3.38. The van der Waals surface area contributed by atoms with Crippen LogP contribution >= 0.6 is 11.3 Å². The first-order valence-corrected chi connectivity index (χ1v) is 8.67. The van der Waals surface area contributed by atoms with Gasteiger partial charge >= 0.3 is 5.97 Å². The van der Waals surface area contributed by atoms with Crippen LogP contribution in [-0.4, -0.2) is 29.1 Å². The average Bonchev–Trinajstić information content (AvgIpc) is 3.20. The SMILES string of the molecule is COC(=O)c1nc(NC(=O)Cc2c(C)noc2C)sc1-c1ccccc1. The first-order chi connectivity index (χ1) is 12.5. The Morgan fingerprint density at radius 3 is 2.58 bits per heavy atom. The molecular formula is C18H17N3O4S. The number of nitrogens with one attached hydrogen (secondary N) is 1. The lowest BCUT2D eigenvalue weighted by Gasteiger charge is -2.01. The van der Waals surface area contributed by atoms with E-state index in [-0.39, 0.29) is 18.0 Å². The van der Waals surface area contributed by atoms with Crippen molar-refractivity contribution in [3.8, 4) is 10.4 Å². The third kappa shape index (κ3) is 3.65. The van der Waals surface area contributed by atoms with Crippen LogP contribution in [0.5, 0.6) is 0 Å². The molecule has 0 atom stereocenters. The Hall–Kier alpha value is -3.00. The van der Waals surface area contributed by atoms with Crippen molar-refractivity contribution in [1.82, 2.24) is 10.1 Å². The number of carbonyl (C=O) groups excluding carboxylic acids is 2. The molecule has 0 aliphatic heterocycles. The number of methoxy groups -OCH3 is 1. The van der Waals surface area contributed by atoms with Crippen LogP contribution in [0.25, 0.3) is 10.4 Å². The highest BCUT2D eigenvalue weighted by atomic mass is 32.1. The number of hydrogen-bond acceptors (Lipinski definition) is 7. The molecule has 8 heteroatoms. The maximum atomic E-state index is 12.4. The molecule has 1 aromatic carbocycles. The van der Waals surface area contributed by atoms with Gasteiger partial charge in [0, 0.05) is 5.56 Å². The van der Waals surface area contributed by atoms with Crippen molar-refractivity contribution < 1.29 is 18.8 Å². The fourth-order valence-electron chi connectivity index (χ4n) is 2.47. The van der Waals surface area contributed by atoms with Crippen molar-refractivity contribution in [3.63, 3.8) is 0 Å². The number of esters is 1. The summed E-state index contributed by atoms with van der Waals surface area (Å²) in [6, 6.07) is 9.36. The van der Waals surface area contributed by atoms with Gasteiger partial charge in [0.2, 0.25) is 5.91 Å². The van der Waals surface area contributed by atoms with E-state index in [0.29, 0.717) is 21.5 Å². The van der Waals surface area contributed by atoms with Gasteiger partial charge in [-0.2, -0.15) is 0 Å². The molecule has 134 valence electrons. The Morgan fingerprint density at radius 1 is 1.23 bits per heavy atom. The zero-order valence-electron chi connectivity index (χ0n) is 14.5. The predicted molar refractivity (Wildman–Crippen MR) is 97.2 cm³/mol. The molecular weight excluding hydrogens is 354 g/mol. The molecule has 0 unspecified atom stereocenters. The van der Waals surface area contributed by atoms with E-state index in [9.17, 15) is 9.59 Å². The number of benzene rings is 1. The number of carbonyl (C=O) groups is 2. The molecule has 2 heterocycles. The molecule has 0 bridgehead atoms. The van der Waals surface area contributed by atoms with Crippen molar-refractivity contribution in [2.24, 2.45) is 0 Å². The summed E-state index contributed by atoms with van der Waals surface area (Å²) in [4.78, 5) is 29.3. The first kappa shape index (κ1) is 17.8. The molecule has 0 fully saturated rings. The second-order valence-electron chi connectivity index (χ2n) is 5.58. The number of anilines is 1. The van der Waals surface area contributed by atoms with E-state index in [1.807, 2.05) is 30.3 Å². The minimum atomic E-state index is -0.550. The van der Waals surface area contributed by atoms with Crippen molar-refractivity contribution in [1.29, 1.82) is 0 Å². The van der Waals surface area contributed by atoms with Crippen molar-refractivity contribution >= 4 is 28.3 Å². The number of ether oxygens (including phenoxy) is 1. The lowest BCUT2D eigenvalue weighted by molar-refractivity contribution is -0.115. The molecule has 1 amide bonds. The highest BCUT2D eigenvalue weighted by molar-refractivity contribution is 7.19. The van der Waals surface area contributed by atoms with Gasteiger partial charge in [0.05, 0.1) is 24.1 Å². The monoisotopic (exact) mass is 371 g/mol. The largest absolute Gasteiger partial charge is 0.464 e. The van der Waals surface area contributed by atoms with Crippen LogP contribution in [0.1, 0.15) is 27.5 Å². The van der Waals surface area contributed by atoms with E-state index < -0.39 is 5.97 Å². The molecule has 26 heavy (non-hydrogen) atoms. The third-order valence-electron chi connectivity index (χ3n) is 3.81. The Balaban J connectivity index is 1.85. The minimum Gasteiger partial charge on any atom is -0.464 e. The summed E-state index contributed by atoms with van der Waals surface area (Å²) < 4.78 is 9.87. The van der Waals surface area contributed by atoms with Gasteiger partial charge in [0.1, 0.15) is 5.76 Å². The van der Waals surface area contributed by atoms with Crippen molar-refractivity contribution in [2.45, 2.75) is 20.3 Å². The molecule has 0 saturated heterocycles. The summed E-state index contributed by atoms with van der Waals surface area (Å²) in [6.45, 7) is 3.54. The van der Waals surface area contributed by atoms with E-state index in [1.54, 1.807) is 13.8 Å². The highest BCUT2D eigenvalue weighted by Crippen LogP contribution is 2.33. The van der Waals surface area contributed by atoms with E-state index in [4.69, 9.17) is 9.26 Å². The molecule has 3 rings (SSSR count). The standard InChI is InChI=1S/C18H17N3O4S/c1-10-13(11(2)25-21-10)9-14(22)19-18-20-15(17(23)24-3)16(26-18)12-7-5-4-6-8-12/h4-8H,9H2,1-3H3,(H,19,20,22). The molecule has 0 spiro atoms. The van der Waals surface area contributed by atoms with Crippen molar-refractivity contribution in [3.05, 3.63) is 53.0 Å². The van der Waals surface area contributed by atoms with E-state index in [0.717, 1.165) is 11.1 Å². The Labute approximate surface area is 154 Å². The Kier molecular flexibility index (Phi) is 5.13. The van der Waals surface area contributed by atoms with Crippen molar-refractivity contribution in [2.75, 3.05) is 12.4 Å². The lowest BCUT2D eigenvalue weighted by Crippen LogP contribution is -2.15. The van der Waals surface area contributed by atoms with Crippen LogP contribution in [0.15, 0.2) is 34.9 Å². The molecule has 0 saturated carbocycles. The average molecular weight is 371 g/mol. The number of aryl methyl sites for hydroxylation is 2. The summed E-state index contributed by atoms with van der Waals surface area (Å²) in [5.41, 5.74) is 2.43. The number of rotatable bonds is 5. The van der Waals surface area contributed by atoms with Gasteiger partial charge in [-0.25, -0.2) is 9.78 Å². The normalized spacial score (nSPS) is 10.6. The van der Waals surface area contributed by atoms with E-state index >= 15 is 0 Å².